The van der Waals surface area contributed by atoms with E-state index in [0.29, 0.717) is 29.9 Å². The third-order valence-corrected chi connectivity index (χ3v) is 6.62. The summed E-state index contributed by atoms with van der Waals surface area (Å²) in [4.78, 5) is 33.2. The van der Waals surface area contributed by atoms with Crippen molar-refractivity contribution in [2.24, 2.45) is 11.8 Å². The van der Waals surface area contributed by atoms with Crippen LogP contribution in [-0.4, -0.2) is 47.2 Å². The van der Waals surface area contributed by atoms with Crippen molar-refractivity contribution in [1.82, 2.24) is 14.5 Å². The minimum absolute atomic E-state index is 0.269. The number of nitrogens with zero attached hydrogens (tertiary/aromatic N) is 3. The number of pyridine rings is 2. The van der Waals surface area contributed by atoms with Gasteiger partial charge in [0, 0.05) is 38.4 Å². The highest BCUT2D eigenvalue weighted by molar-refractivity contribution is 5.45. The lowest BCUT2D eigenvalue weighted by Crippen LogP contribution is -2.31. The molecule has 0 saturated carbocycles. The van der Waals surface area contributed by atoms with Crippen LogP contribution in [0.15, 0.2) is 70.4 Å². The van der Waals surface area contributed by atoms with E-state index in [1.807, 2.05) is 36.4 Å². The molecule has 2 aliphatic rings. The van der Waals surface area contributed by atoms with Crippen LogP contribution in [0.5, 0.6) is 5.75 Å². The molecule has 1 aromatic carbocycles. The van der Waals surface area contributed by atoms with Crippen LogP contribution < -0.4 is 20.8 Å². The monoisotopic (exact) mass is 432 g/mol. The summed E-state index contributed by atoms with van der Waals surface area (Å²) in [6.45, 7) is 7.88. The third-order valence-electron chi connectivity index (χ3n) is 6.62. The Hall–Kier alpha value is -3.32. The van der Waals surface area contributed by atoms with Gasteiger partial charge in [-0.25, -0.2) is 0 Å². The molecule has 3 aromatic rings. The first-order chi connectivity index (χ1) is 15.6. The van der Waals surface area contributed by atoms with E-state index in [0.717, 1.165) is 44.1 Å². The molecular weight excluding hydrogens is 404 g/mol. The molecule has 0 amide bonds. The number of ether oxygens (including phenoxy) is 1. The lowest BCUT2D eigenvalue weighted by molar-refractivity contribution is 0.305. The third kappa shape index (κ3) is 4.08. The summed E-state index contributed by atoms with van der Waals surface area (Å²) in [7, 11) is 0. The summed E-state index contributed by atoms with van der Waals surface area (Å²) in [5.74, 6) is 2.62. The molecule has 4 heterocycles. The van der Waals surface area contributed by atoms with Crippen LogP contribution in [0.3, 0.4) is 0 Å². The van der Waals surface area contributed by atoms with E-state index in [1.54, 1.807) is 18.3 Å². The molecule has 0 aliphatic carbocycles. The van der Waals surface area contributed by atoms with Gasteiger partial charge >= 0.3 is 0 Å². The van der Waals surface area contributed by atoms with E-state index in [1.165, 1.54) is 10.6 Å². The van der Waals surface area contributed by atoms with Gasteiger partial charge in [-0.05, 0) is 42.1 Å². The van der Waals surface area contributed by atoms with Gasteiger partial charge in [-0.1, -0.05) is 37.3 Å². The molecule has 32 heavy (non-hydrogen) atoms. The number of anilines is 1. The maximum absolute atomic E-state index is 12.8. The molecule has 2 saturated heterocycles. The Labute approximate surface area is 186 Å². The summed E-state index contributed by atoms with van der Waals surface area (Å²) >= 11 is 0. The Bertz CT molecular complexity index is 1190. The highest BCUT2D eigenvalue weighted by Gasteiger charge is 2.39. The fourth-order valence-electron chi connectivity index (χ4n) is 4.87. The number of benzene rings is 1. The van der Waals surface area contributed by atoms with E-state index in [-0.39, 0.29) is 11.1 Å². The zero-order valence-corrected chi connectivity index (χ0v) is 18.2. The fraction of sp³-hybridized carbons (Fsp3) is 0.360. The molecule has 0 unspecified atom stereocenters. The number of H-pyrrole nitrogens is 1. The van der Waals surface area contributed by atoms with Crippen LogP contribution in [0.4, 0.5) is 5.82 Å². The minimum Gasteiger partial charge on any atom is -0.489 e. The van der Waals surface area contributed by atoms with Gasteiger partial charge in [-0.15, -0.1) is 0 Å². The molecule has 2 fully saturated rings. The largest absolute Gasteiger partial charge is 0.489 e. The lowest BCUT2D eigenvalue weighted by Gasteiger charge is -2.22. The average Bonchev–Trinajstić information content (AvgIpc) is 3.38. The highest BCUT2D eigenvalue weighted by atomic mass is 16.5. The molecule has 7 heteroatoms. The lowest BCUT2D eigenvalue weighted by atomic mass is 10.0. The van der Waals surface area contributed by atoms with Gasteiger partial charge in [-0.3, -0.25) is 14.2 Å². The standard InChI is InChI=1S/C25H28N4O3/c1-2-27-13-19-15-28(16-20(19)14-27)23-9-8-22(25(31)26-23)29-11-10-21(12-24(29)30)32-17-18-6-4-3-5-7-18/h3-12,19-20H,2,13-17H2,1H3,(H,26,31)/t19-,20+. The fourth-order valence-corrected chi connectivity index (χ4v) is 4.87. The Kier molecular flexibility index (Phi) is 5.57. The Morgan fingerprint density at radius 3 is 2.38 bits per heavy atom. The molecule has 0 spiro atoms. The number of nitrogens with one attached hydrogen (secondary N) is 1. The average molecular weight is 433 g/mol. The Balaban J connectivity index is 1.29. The summed E-state index contributed by atoms with van der Waals surface area (Å²) in [6.07, 6.45) is 1.59. The van der Waals surface area contributed by atoms with Gasteiger partial charge in [0.2, 0.25) is 0 Å². The second-order valence-electron chi connectivity index (χ2n) is 8.68. The second kappa shape index (κ2) is 8.67. The van der Waals surface area contributed by atoms with Crippen molar-refractivity contribution in [2.45, 2.75) is 13.5 Å². The Morgan fingerprint density at radius 1 is 0.969 bits per heavy atom. The number of aromatic amines is 1. The topological polar surface area (TPSA) is 70.6 Å². The molecule has 5 rings (SSSR count). The van der Waals surface area contributed by atoms with Crippen molar-refractivity contribution < 1.29 is 4.74 Å². The van der Waals surface area contributed by atoms with E-state index < -0.39 is 0 Å². The predicted octanol–water partition coefficient (Wildman–Crippen LogP) is 2.49. The van der Waals surface area contributed by atoms with Crippen molar-refractivity contribution in [3.05, 3.63) is 87.1 Å². The number of hydrogen-bond acceptors (Lipinski definition) is 5. The van der Waals surface area contributed by atoms with Crippen molar-refractivity contribution in [3.63, 3.8) is 0 Å². The minimum atomic E-state index is -0.302. The first-order valence-corrected chi connectivity index (χ1v) is 11.2. The molecule has 2 aromatic heterocycles. The number of fused-ring (bicyclic) bond motifs is 1. The quantitative estimate of drug-likeness (QED) is 0.648. The summed E-state index contributed by atoms with van der Waals surface area (Å²) in [5, 5.41) is 0. The van der Waals surface area contributed by atoms with Gasteiger partial charge in [0.05, 0.1) is 0 Å². The van der Waals surface area contributed by atoms with Gasteiger partial charge < -0.3 is 19.5 Å². The molecule has 166 valence electrons. The number of rotatable bonds is 6. The van der Waals surface area contributed by atoms with E-state index in [4.69, 9.17) is 4.74 Å². The second-order valence-corrected chi connectivity index (χ2v) is 8.68. The molecule has 0 radical (unpaired) electrons. The summed E-state index contributed by atoms with van der Waals surface area (Å²) < 4.78 is 7.08. The molecular formula is C25H28N4O3. The van der Waals surface area contributed by atoms with Crippen molar-refractivity contribution >= 4 is 5.82 Å². The first-order valence-electron chi connectivity index (χ1n) is 11.2. The van der Waals surface area contributed by atoms with Crippen molar-refractivity contribution in [3.8, 4) is 11.4 Å². The van der Waals surface area contributed by atoms with E-state index in [9.17, 15) is 9.59 Å². The molecule has 1 N–H and O–H groups in total. The number of hydrogen-bond donors (Lipinski definition) is 1. The van der Waals surface area contributed by atoms with Gasteiger partial charge in [0.1, 0.15) is 23.9 Å². The van der Waals surface area contributed by atoms with Crippen LogP contribution in [-0.2, 0) is 6.61 Å². The van der Waals surface area contributed by atoms with E-state index >= 15 is 0 Å². The molecule has 2 atom stereocenters. The highest BCUT2D eigenvalue weighted by Crippen LogP contribution is 2.32. The van der Waals surface area contributed by atoms with Crippen LogP contribution >= 0.6 is 0 Å². The van der Waals surface area contributed by atoms with Gasteiger partial charge in [0.15, 0.2) is 0 Å². The summed E-state index contributed by atoms with van der Waals surface area (Å²) in [6, 6.07) is 16.5. The number of likely N-dealkylation sites (tertiary alicyclic amines) is 1. The first kappa shape index (κ1) is 20.6. The van der Waals surface area contributed by atoms with Crippen LogP contribution in [0, 0.1) is 11.8 Å². The predicted molar refractivity (Wildman–Crippen MR) is 125 cm³/mol. The Morgan fingerprint density at radius 2 is 1.72 bits per heavy atom. The van der Waals surface area contributed by atoms with Crippen molar-refractivity contribution in [1.29, 1.82) is 0 Å². The molecule has 7 nitrogen and oxygen atoms in total. The maximum Gasteiger partial charge on any atom is 0.273 e. The summed E-state index contributed by atoms with van der Waals surface area (Å²) in [5.41, 5.74) is 0.765. The van der Waals surface area contributed by atoms with Gasteiger partial charge in [0.25, 0.3) is 11.1 Å². The van der Waals surface area contributed by atoms with Crippen LogP contribution in [0.25, 0.3) is 5.69 Å². The van der Waals surface area contributed by atoms with Crippen LogP contribution in [0.1, 0.15) is 12.5 Å². The zero-order chi connectivity index (χ0) is 22.1. The number of aromatic nitrogens is 2. The van der Waals surface area contributed by atoms with E-state index in [2.05, 4.69) is 21.7 Å². The van der Waals surface area contributed by atoms with Gasteiger partial charge in [-0.2, -0.15) is 0 Å². The van der Waals surface area contributed by atoms with Crippen molar-refractivity contribution in [2.75, 3.05) is 37.6 Å². The molecule has 2 aliphatic heterocycles. The maximum atomic E-state index is 12.8. The normalized spacial score (nSPS) is 20.5. The van der Waals surface area contributed by atoms with Crippen LogP contribution in [0.2, 0.25) is 0 Å². The molecule has 0 bridgehead atoms. The smallest absolute Gasteiger partial charge is 0.273 e. The zero-order valence-electron chi connectivity index (χ0n) is 18.2. The SMILES string of the molecule is CCN1C[C@@H]2CN(c3ccc(-n4ccc(OCc5ccccc5)cc4=O)c(=O)[nH]3)C[C@@H]2C1.